The molecule has 0 aliphatic rings. The molecule has 1 aromatic carbocycles. The van der Waals surface area contributed by atoms with Crippen LogP contribution in [0.15, 0.2) is 35.3 Å². The van der Waals surface area contributed by atoms with Crippen molar-refractivity contribution in [1.82, 2.24) is 9.55 Å². The van der Waals surface area contributed by atoms with Crippen LogP contribution in [0.25, 0.3) is 0 Å². The molecule has 94 valence electrons. The minimum absolute atomic E-state index is 0.188. The maximum absolute atomic E-state index is 13.5. The molecule has 4 nitrogen and oxygen atoms in total. The maximum atomic E-state index is 13.5. The lowest BCUT2D eigenvalue weighted by atomic mass is 10.2. The van der Waals surface area contributed by atoms with Crippen molar-refractivity contribution >= 4 is 0 Å². The van der Waals surface area contributed by atoms with Crippen molar-refractivity contribution in [2.45, 2.75) is 13.5 Å². The number of hydrogen-bond acceptors (Lipinski definition) is 3. The third-order valence-electron chi connectivity index (χ3n) is 2.58. The molecular formula is C13H13FN2O2. The van der Waals surface area contributed by atoms with Crippen LogP contribution in [0.3, 0.4) is 0 Å². The van der Waals surface area contributed by atoms with Gasteiger partial charge in [-0.1, -0.05) is 6.07 Å². The Morgan fingerprint density at radius 3 is 2.78 bits per heavy atom. The minimum Gasteiger partial charge on any atom is -0.494 e. The van der Waals surface area contributed by atoms with Gasteiger partial charge in [-0.3, -0.25) is 4.57 Å². The molecule has 2 rings (SSSR count). The smallest absolute Gasteiger partial charge is 0.348 e. The fraction of sp³-hybridized carbons (Fsp3) is 0.231. The third kappa shape index (κ3) is 2.56. The Hall–Kier alpha value is -2.17. The lowest BCUT2D eigenvalue weighted by molar-refractivity contribution is 0.386. The molecule has 0 saturated heterocycles. The summed E-state index contributed by atoms with van der Waals surface area (Å²) in [5.41, 5.74) is 1.00. The summed E-state index contributed by atoms with van der Waals surface area (Å²) in [5.74, 6) is -0.253. The average molecular weight is 248 g/mol. The van der Waals surface area contributed by atoms with Gasteiger partial charge in [-0.15, -0.1) is 0 Å². The predicted molar refractivity (Wildman–Crippen MR) is 65.3 cm³/mol. The molecule has 0 radical (unpaired) electrons. The van der Waals surface area contributed by atoms with Crippen LogP contribution in [0.5, 0.6) is 5.75 Å². The molecule has 5 heteroatoms. The van der Waals surface area contributed by atoms with Crippen LogP contribution in [0, 0.1) is 12.7 Å². The van der Waals surface area contributed by atoms with Crippen molar-refractivity contribution in [2.24, 2.45) is 0 Å². The lowest BCUT2D eigenvalue weighted by Gasteiger charge is -2.07. The number of hydrogen-bond donors (Lipinski definition) is 0. The zero-order valence-electron chi connectivity index (χ0n) is 10.2. The quantitative estimate of drug-likeness (QED) is 0.831. The van der Waals surface area contributed by atoms with E-state index in [9.17, 15) is 9.18 Å². The Labute approximate surface area is 104 Å². The summed E-state index contributed by atoms with van der Waals surface area (Å²) < 4.78 is 19.7. The van der Waals surface area contributed by atoms with Crippen molar-refractivity contribution in [3.8, 4) is 5.75 Å². The van der Waals surface area contributed by atoms with Crippen LogP contribution in [-0.4, -0.2) is 16.7 Å². The van der Waals surface area contributed by atoms with Gasteiger partial charge in [-0.2, -0.15) is 4.98 Å². The van der Waals surface area contributed by atoms with Gasteiger partial charge < -0.3 is 4.74 Å². The molecule has 0 amide bonds. The van der Waals surface area contributed by atoms with Crippen molar-refractivity contribution in [3.63, 3.8) is 0 Å². The summed E-state index contributed by atoms with van der Waals surface area (Å²) in [6, 6.07) is 6.35. The second kappa shape index (κ2) is 5.00. The largest absolute Gasteiger partial charge is 0.494 e. The summed E-state index contributed by atoms with van der Waals surface area (Å²) in [6.45, 7) is 2.03. The zero-order valence-corrected chi connectivity index (χ0v) is 10.2. The molecule has 0 saturated carbocycles. The highest BCUT2D eigenvalue weighted by Gasteiger charge is 2.05. The molecule has 0 atom stereocenters. The van der Waals surface area contributed by atoms with Crippen LogP contribution in [0.1, 0.15) is 11.3 Å². The molecule has 2 aromatic rings. The van der Waals surface area contributed by atoms with Crippen molar-refractivity contribution in [1.29, 1.82) is 0 Å². The molecule has 0 aliphatic carbocycles. The second-order valence-electron chi connectivity index (χ2n) is 3.95. The molecule has 0 spiro atoms. The summed E-state index contributed by atoms with van der Waals surface area (Å²) in [5, 5.41) is 0. The first-order valence-corrected chi connectivity index (χ1v) is 5.46. The average Bonchev–Trinajstić information content (AvgIpc) is 2.33. The van der Waals surface area contributed by atoms with E-state index in [2.05, 4.69) is 4.98 Å². The van der Waals surface area contributed by atoms with Gasteiger partial charge in [0, 0.05) is 11.9 Å². The molecule has 1 aromatic heterocycles. The first-order valence-electron chi connectivity index (χ1n) is 5.46. The van der Waals surface area contributed by atoms with Crippen molar-refractivity contribution in [3.05, 3.63) is 58.0 Å². The second-order valence-corrected chi connectivity index (χ2v) is 3.95. The van der Waals surface area contributed by atoms with Gasteiger partial charge in [0.15, 0.2) is 11.6 Å². The number of methoxy groups -OCH3 is 1. The fourth-order valence-corrected chi connectivity index (χ4v) is 1.64. The van der Waals surface area contributed by atoms with Gasteiger partial charge in [0.25, 0.3) is 0 Å². The van der Waals surface area contributed by atoms with Gasteiger partial charge in [0.05, 0.1) is 13.7 Å². The van der Waals surface area contributed by atoms with Gasteiger partial charge >= 0.3 is 5.69 Å². The Kier molecular flexibility index (Phi) is 3.41. The number of nitrogens with zero attached hydrogens (tertiary/aromatic N) is 2. The summed E-state index contributed by atoms with van der Waals surface area (Å²) in [7, 11) is 1.41. The predicted octanol–water partition coefficient (Wildman–Crippen LogP) is 1.75. The molecule has 1 heterocycles. The van der Waals surface area contributed by atoms with Gasteiger partial charge in [0.1, 0.15) is 0 Å². The van der Waals surface area contributed by atoms with Gasteiger partial charge in [-0.25, -0.2) is 9.18 Å². The van der Waals surface area contributed by atoms with Crippen molar-refractivity contribution < 1.29 is 9.13 Å². The molecule has 0 bridgehead atoms. The number of rotatable bonds is 3. The fourth-order valence-electron chi connectivity index (χ4n) is 1.64. The van der Waals surface area contributed by atoms with E-state index in [0.717, 1.165) is 0 Å². The monoisotopic (exact) mass is 248 g/mol. The van der Waals surface area contributed by atoms with Crippen LogP contribution in [0.4, 0.5) is 4.39 Å². The Morgan fingerprint density at radius 1 is 1.39 bits per heavy atom. The normalized spacial score (nSPS) is 10.4. The Balaban J connectivity index is 2.29. The van der Waals surface area contributed by atoms with Crippen LogP contribution < -0.4 is 10.4 Å². The van der Waals surface area contributed by atoms with Crippen molar-refractivity contribution in [2.75, 3.05) is 7.11 Å². The van der Waals surface area contributed by atoms with Crippen LogP contribution >= 0.6 is 0 Å². The number of aromatic nitrogens is 2. The SMILES string of the molecule is COc1ccc(Cn2ccc(C)nc2=O)cc1F. The van der Waals surface area contributed by atoms with E-state index in [-0.39, 0.29) is 18.0 Å². The summed E-state index contributed by atoms with van der Waals surface area (Å²) in [4.78, 5) is 15.4. The van der Waals surface area contributed by atoms with Gasteiger partial charge in [-0.05, 0) is 30.7 Å². The molecule has 0 aliphatic heterocycles. The maximum Gasteiger partial charge on any atom is 0.348 e. The van der Waals surface area contributed by atoms with E-state index < -0.39 is 5.82 Å². The first-order chi connectivity index (χ1) is 8.60. The van der Waals surface area contributed by atoms with E-state index in [1.165, 1.54) is 23.8 Å². The van der Waals surface area contributed by atoms with Crippen LogP contribution in [0.2, 0.25) is 0 Å². The highest BCUT2D eigenvalue weighted by Crippen LogP contribution is 2.17. The summed E-state index contributed by atoms with van der Waals surface area (Å²) >= 11 is 0. The van der Waals surface area contributed by atoms with E-state index in [1.54, 1.807) is 25.3 Å². The number of halogens is 1. The van der Waals surface area contributed by atoms with E-state index in [0.29, 0.717) is 11.3 Å². The first kappa shape index (κ1) is 12.3. The summed E-state index contributed by atoms with van der Waals surface area (Å²) in [6.07, 6.45) is 1.65. The molecule has 18 heavy (non-hydrogen) atoms. The topological polar surface area (TPSA) is 44.1 Å². The van der Waals surface area contributed by atoms with E-state index >= 15 is 0 Å². The molecule has 0 fully saturated rings. The standard InChI is InChI=1S/C13H13FN2O2/c1-9-5-6-16(13(17)15-9)8-10-3-4-12(18-2)11(14)7-10/h3-7H,8H2,1-2H3. The number of ether oxygens (including phenoxy) is 1. The minimum atomic E-state index is -0.442. The van der Waals surface area contributed by atoms with E-state index in [4.69, 9.17) is 4.74 Å². The Bertz CT molecular complexity index is 623. The zero-order chi connectivity index (χ0) is 13.1. The van der Waals surface area contributed by atoms with Crippen LogP contribution in [-0.2, 0) is 6.54 Å². The highest BCUT2D eigenvalue weighted by atomic mass is 19.1. The number of aryl methyl sites for hydroxylation is 1. The van der Waals surface area contributed by atoms with Gasteiger partial charge in [0.2, 0.25) is 0 Å². The number of benzene rings is 1. The molecular weight excluding hydrogens is 235 g/mol. The third-order valence-corrected chi connectivity index (χ3v) is 2.58. The molecule has 0 unspecified atom stereocenters. The lowest BCUT2D eigenvalue weighted by Crippen LogP contribution is -2.23. The molecule has 0 N–H and O–H groups in total. The van der Waals surface area contributed by atoms with E-state index in [1.807, 2.05) is 0 Å². The highest BCUT2D eigenvalue weighted by molar-refractivity contribution is 5.29. The Morgan fingerprint density at radius 2 is 2.17 bits per heavy atom.